The summed E-state index contributed by atoms with van der Waals surface area (Å²) < 4.78 is 0. The summed E-state index contributed by atoms with van der Waals surface area (Å²) in [4.78, 5) is 2.43. The fourth-order valence-corrected chi connectivity index (χ4v) is 2.47. The highest BCUT2D eigenvalue weighted by Crippen LogP contribution is 2.28. The molecule has 2 heteroatoms. The lowest BCUT2D eigenvalue weighted by molar-refractivity contribution is 0.276. The molecule has 3 rings (SSSR count). The number of hydrogen-bond donors (Lipinski definition) is 1. The predicted molar refractivity (Wildman–Crippen MR) is 70.2 cm³/mol. The summed E-state index contributed by atoms with van der Waals surface area (Å²) in [6.45, 7) is 2.97. The molecule has 86 valence electrons. The Morgan fingerprint density at radius 1 is 0.941 bits per heavy atom. The molecule has 0 fully saturated rings. The summed E-state index contributed by atoms with van der Waals surface area (Å²) in [6, 6.07) is 16.8. The van der Waals surface area contributed by atoms with E-state index in [1.54, 1.807) is 0 Å². The summed E-state index contributed by atoms with van der Waals surface area (Å²) in [6.07, 6.45) is 0. The molecule has 0 aliphatic carbocycles. The van der Waals surface area contributed by atoms with E-state index >= 15 is 0 Å². The molecule has 2 N–H and O–H groups in total. The Labute approximate surface area is 102 Å². The second-order valence-corrected chi connectivity index (χ2v) is 4.62. The highest BCUT2D eigenvalue weighted by Gasteiger charge is 2.20. The average Bonchev–Trinajstić information content (AvgIpc) is 2.74. The fraction of sp³-hybridized carbons (Fsp3) is 0.200. The van der Waals surface area contributed by atoms with E-state index in [9.17, 15) is 0 Å². The van der Waals surface area contributed by atoms with Crippen molar-refractivity contribution < 1.29 is 0 Å². The first-order valence-corrected chi connectivity index (χ1v) is 5.95. The van der Waals surface area contributed by atoms with Gasteiger partial charge in [0.2, 0.25) is 0 Å². The van der Waals surface area contributed by atoms with Crippen LogP contribution in [0.1, 0.15) is 16.7 Å². The van der Waals surface area contributed by atoms with Gasteiger partial charge < -0.3 is 5.73 Å². The SMILES string of the molecule is Nc1cccc2c1CN(Cc1ccccc1)C2. The largest absolute Gasteiger partial charge is 0.398 e. The van der Waals surface area contributed by atoms with E-state index in [1.807, 2.05) is 12.1 Å². The van der Waals surface area contributed by atoms with Gasteiger partial charge in [0.25, 0.3) is 0 Å². The lowest BCUT2D eigenvalue weighted by atomic mass is 10.1. The molecular weight excluding hydrogens is 208 g/mol. The first-order chi connectivity index (χ1) is 8.33. The van der Waals surface area contributed by atoms with Gasteiger partial charge in [0.15, 0.2) is 0 Å². The van der Waals surface area contributed by atoms with Crippen LogP contribution in [0.4, 0.5) is 5.69 Å². The van der Waals surface area contributed by atoms with E-state index in [-0.39, 0.29) is 0 Å². The predicted octanol–water partition coefficient (Wildman–Crippen LogP) is 2.78. The van der Waals surface area contributed by atoms with Crippen molar-refractivity contribution in [1.29, 1.82) is 0 Å². The van der Waals surface area contributed by atoms with Gasteiger partial charge in [-0.15, -0.1) is 0 Å². The molecule has 0 aromatic heterocycles. The molecule has 1 heterocycles. The molecule has 2 aromatic carbocycles. The second kappa shape index (κ2) is 4.22. The number of rotatable bonds is 2. The number of benzene rings is 2. The average molecular weight is 224 g/mol. The molecule has 0 amide bonds. The highest BCUT2D eigenvalue weighted by atomic mass is 15.1. The Balaban J connectivity index is 1.77. The molecule has 0 atom stereocenters. The van der Waals surface area contributed by atoms with E-state index in [1.165, 1.54) is 16.7 Å². The topological polar surface area (TPSA) is 29.3 Å². The normalized spacial score (nSPS) is 14.8. The maximum atomic E-state index is 6.00. The number of nitrogen functional groups attached to an aromatic ring is 1. The van der Waals surface area contributed by atoms with Crippen molar-refractivity contribution in [1.82, 2.24) is 4.90 Å². The Bertz CT molecular complexity index is 520. The van der Waals surface area contributed by atoms with Crippen LogP contribution in [0.15, 0.2) is 48.5 Å². The molecule has 0 spiro atoms. The van der Waals surface area contributed by atoms with Crippen LogP contribution in [0.25, 0.3) is 0 Å². The summed E-state index contributed by atoms with van der Waals surface area (Å²) >= 11 is 0. The smallest absolute Gasteiger partial charge is 0.0363 e. The zero-order chi connectivity index (χ0) is 11.7. The van der Waals surface area contributed by atoms with Crippen LogP contribution in [0.3, 0.4) is 0 Å². The third kappa shape index (κ3) is 2.04. The molecular formula is C15H16N2. The minimum atomic E-state index is 0.929. The van der Waals surface area contributed by atoms with E-state index < -0.39 is 0 Å². The number of hydrogen-bond acceptors (Lipinski definition) is 2. The van der Waals surface area contributed by atoms with E-state index in [2.05, 4.69) is 41.3 Å². The fourth-order valence-electron chi connectivity index (χ4n) is 2.47. The molecule has 1 aliphatic rings. The van der Waals surface area contributed by atoms with Gasteiger partial charge in [0, 0.05) is 25.3 Å². The number of nitrogens with two attached hydrogens (primary N) is 1. The summed E-state index contributed by atoms with van der Waals surface area (Å²) in [5, 5.41) is 0. The minimum absolute atomic E-state index is 0.929. The van der Waals surface area contributed by atoms with Crippen LogP contribution >= 0.6 is 0 Å². The first-order valence-electron chi connectivity index (χ1n) is 5.95. The van der Waals surface area contributed by atoms with Crippen molar-refractivity contribution in [3.8, 4) is 0 Å². The van der Waals surface area contributed by atoms with Gasteiger partial charge in [0.1, 0.15) is 0 Å². The van der Waals surface area contributed by atoms with Gasteiger partial charge in [-0.2, -0.15) is 0 Å². The Morgan fingerprint density at radius 3 is 2.53 bits per heavy atom. The van der Waals surface area contributed by atoms with Gasteiger partial charge in [-0.3, -0.25) is 4.90 Å². The molecule has 2 aromatic rings. The zero-order valence-corrected chi connectivity index (χ0v) is 9.76. The maximum absolute atomic E-state index is 6.00. The number of fused-ring (bicyclic) bond motifs is 1. The van der Waals surface area contributed by atoms with Crippen molar-refractivity contribution in [3.63, 3.8) is 0 Å². The Morgan fingerprint density at radius 2 is 1.76 bits per heavy atom. The van der Waals surface area contributed by atoms with Crippen LogP contribution in [-0.4, -0.2) is 4.90 Å². The van der Waals surface area contributed by atoms with Crippen LogP contribution in [0, 0.1) is 0 Å². The second-order valence-electron chi connectivity index (χ2n) is 4.62. The third-order valence-electron chi connectivity index (χ3n) is 3.33. The zero-order valence-electron chi connectivity index (χ0n) is 9.76. The van der Waals surface area contributed by atoms with Crippen molar-refractivity contribution in [2.24, 2.45) is 0 Å². The summed E-state index contributed by atoms with van der Waals surface area (Å²) in [5.41, 5.74) is 11.0. The van der Waals surface area contributed by atoms with Gasteiger partial charge >= 0.3 is 0 Å². The molecule has 0 bridgehead atoms. The quantitative estimate of drug-likeness (QED) is 0.795. The lowest BCUT2D eigenvalue weighted by Crippen LogP contribution is -2.15. The standard InChI is InChI=1S/C15H16N2/c16-15-8-4-7-13-10-17(11-14(13)15)9-12-5-2-1-3-6-12/h1-8H,9-11,16H2. The van der Waals surface area contributed by atoms with Crippen molar-refractivity contribution >= 4 is 5.69 Å². The monoisotopic (exact) mass is 224 g/mol. The molecule has 17 heavy (non-hydrogen) atoms. The molecule has 2 nitrogen and oxygen atoms in total. The van der Waals surface area contributed by atoms with Crippen LogP contribution in [0.5, 0.6) is 0 Å². The van der Waals surface area contributed by atoms with Gasteiger partial charge in [-0.1, -0.05) is 42.5 Å². The Kier molecular flexibility index (Phi) is 2.57. The van der Waals surface area contributed by atoms with Crippen LogP contribution in [0.2, 0.25) is 0 Å². The van der Waals surface area contributed by atoms with Crippen molar-refractivity contribution in [3.05, 3.63) is 65.2 Å². The maximum Gasteiger partial charge on any atom is 0.0363 e. The number of anilines is 1. The van der Waals surface area contributed by atoms with Crippen LogP contribution < -0.4 is 5.73 Å². The molecule has 0 unspecified atom stereocenters. The molecule has 0 saturated carbocycles. The minimum Gasteiger partial charge on any atom is -0.398 e. The van der Waals surface area contributed by atoms with Gasteiger partial charge in [-0.25, -0.2) is 0 Å². The summed E-state index contributed by atoms with van der Waals surface area (Å²) in [5.74, 6) is 0. The molecule has 0 radical (unpaired) electrons. The highest BCUT2D eigenvalue weighted by molar-refractivity contribution is 5.52. The van der Waals surface area contributed by atoms with Crippen molar-refractivity contribution in [2.45, 2.75) is 19.6 Å². The third-order valence-corrected chi connectivity index (χ3v) is 3.33. The van der Waals surface area contributed by atoms with E-state index in [0.29, 0.717) is 0 Å². The molecule has 0 saturated heterocycles. The lowest BCUT2D eigenvalue weighted by Gasteiger charge is -2.14. The van der Waals surface area contributed by atoms with Crippen molar-refractivity contribution in [2.75, 3.05) is 5.73 Å². The number of nitrogens with zero attached hydrogens (tertiary/aromatic N) is 1. The van der Waals surface area contributed by atoms with Gasteiger partial charge in [-0.05, 0) is 22.8 Å². The first kappa shape index (κ1) is 10.4. The van der Waals surface area contributed by atoms with Crippen LogP contribution in [-0.2, 0) is 19.6 Å². The Hall–Kier alpha value is -1.80. The van der Waals surface area contributed by atoms with E-state index in [0.717, 1.165) is 25.3 Å². The van der Waals surface area contributed by atoms with E-state index in [4.69, 9.17) is 5.73 Å². The van der Waals surface area contributed by atoms with Gasteiger partial charge in [0.05, 0.1) is 0 Å². The molecule has 1 aliphatic heterocycles. The summed E-state index contributed by atoms with van der Waals surface area (Å²) in [7, 11) is 0.